The van der Waals surface area contributed by atoms with Gasteiger partial charge in [-0.2, -0.15) is 5.10 Å². The zero-order valence-electron chi connectivity index (χ0n) is 17.5. The van der Waals surface area contributed by atoms with Gasteiger partial charge in [-0.1, -0.05) is 24.3 Å². The van der Waals surface area contributed by atoms with E-state index in [2.05, 4.69) is 20.8 Å². The van der Waals surface area contributed by atoms with E-state index < -0.39 is 5.92 Å². The number of aromatic nitrogens is 2. The predicted molar refractivity (Wildman–Crippen MR) is 117 cm³/mol. The van der Waals surface area contributed by atoms with Gasteiger partial charge < -0.3 is 10.6 Å². The van der Waals surface area contributed by atoms with Gasteiger partial charge in [-0.15, -0.1) is 0 Å². The van der Waals surface area contributed by atoms with Crippen molar-refractivity contribution in [3.05, 3.63) is 82.4 Å². The summed E-state index contributed by atoms with van der Waals surface area (Å²) in [5.41, 5.74) is 6.51. The molecule has 7 heteroatoms. The molecular weight excluding hydrogens is 395 g/mol. The normalized spacial score (nSPS) is 15.9. The van der Waals surface area contributed by atoms with Crippen LogP contribution < -0.4 is 10.6 Å². The van der Waals surface area contributed by atoms with Crippen molar-refractivity contribution in [3.63, 3.8) is 0 Å². The van der Waals surface area contributed by atoms with Crippen molar-refractivity contribution < 1.29 is 14.0 Å². The molecule has 6 nitrogen and oxygen atoms in total. The van der Waals surface area contributed by atoms with Crippen molar-refractivity contribution in [2.24, 2.45) is 0 Å². The number of carbonyl (C=O) groups is 2. The average Bonchev–Trinajstić information content (AvgIpc) is 3.08. The van der Waals surface area contributed by atoms with E-state index in [0.29, 0.717) is 16.8 Å². The van der Waals surface area contributed by atoms with Crippen LogP contribution in [0.25, 0.3) is 11.3 Å². The first kappa shape index (κ1) is 20.5. The molecule has 3 N–H and O–H groups in total. The number of anilines is 1. The first-order valence-corrected chi connectivity index (χ1v) is 10.0. The Kier molecular flexibility index (Phi) is 5.42. The molecule has 0 saturated heterocycles. The maximum atomic E-state index is 13.3. The summed E-state index contributed by atoms with van der Waals surface area (Å²) in [6.07, 6.45) is 1.56. The lowest BCUT2D eigenvalue weighted by molar-refractivity contribution is -0.121. The van der Waals surface area contributed by atoms with Crippen LogP contribution in [-0.4, -0.2) is 22.0 Å². The van der Waals surface area contributed by atoms with Gasteiger partial charge in [0.15, 0.2) is 0 Å². The lowest BCUT2D eigenvalue weighted by Gasteiger charge is -2.24. The molecular formula is C24H23FN4O2. The molecule has 4 rings (SSSR count). The number of rotatable bonds is 4. The first-order valence-electron chi connectivity index (χ1n) is 10.0. The monoisotopic (exact) mass is 418 g/mol. The minimum Gasteiger partial charge on any atom is -0.332 e. The quantitative estimate of drug-likeness (QED) is 0.591. The number of benzene rings is 2. The smallest absolute Gasteiger partial charge is 0.253 e. The summed E-state index contributed by atoms with van der Waals surface area (Å²) in [5.74, 6) is -1.31. The number of nitrogens with zero attached hydrogens (tertiary/aromatic N) is 1. The minimum absolute atomic E-state index is 0.122. The van der Waals surface area contributed by atoms with Crippen LogP contribution in [0, 0.1) is 26.6 Å². The molecule has 0 aliphatic carbocycles. The van der Waals surface area contributed by atoms with Gasteiger partial charge in [-0.05, 0) is 55.7 Å². The number of hydrogen-bond donors (Lipinski definition) is 3. The van der Waals surface area contributed by atoms with Gasteiger partial charge >= 0.3 is 0 Å². The maximum Gasteiger partial charge on any atom is 0.253 e. The van der Waals surface area contributed by atoms with Crippen molar-refractivity contribution in [3.8, 4) is 11.3 Å². The zero-order chi connectivity index (χ0) is 22.1. The molecule has 0 unspecified atom stereocenters. The SMILES string of the molecule is Cc1ccc(-c2[nH]nc(C)c2C)cc1NC(=O)C1=CNC(=O)C[C@H]1c1ccc(F)cc1. The summed E-state index contributed by atoms with van der Waals surface area (Å²) >= 11 is 0. The summed E-state index contributed by atoms with van der Waals surface area (Å²) in [6, 6.07) is 11.7. The molecule has 1 atom stereocenters. The number of halogens is 1. The number of H-pyrrole nitrogens is 1. The van der Waals surface area contributed by atoms with Crippen molar-refractivity contribution in [2.45, 2.75) is 33.1 Å². The lowest BCUT2D eigenvalue weighted by Crippen LogP contribution is -2.32. The van der Waals surface area contributed by atoms with E-state index in [0.717, 1.165) is 28.1 Å². The highest BCUT2D eigenvalue weighted by Gasteiger charge is 2.29. The highest BCUT2D eigenvalue weighted by atomic mass is 19.1. The first-order chi connectivity index (χ1) is 14.8. The van der Waals surface area contributed by atoms with E-state index >= 15 is 0 Å². The predicted octanol–water partition coefficient (Wildman–Crippen LogP) is 4.27. The fourth-order valence-corrected chi connectivity index (χ4v) is 3.71. The molecule has 1 aliphatic rings. The van der Waals surface area contributed by atoms with E-state index in [9.17, 15) is 14.0 Å². The summed E-state index contributed by atoms with van der Waals surface area (Å²) in [6.45, 7) is 5.85. The molecule has 0 radical (unpaired) electrons. The molecule has 0 fully saturated rings. The summed E-state index contributed by atoms with van der Waals surface area (Å²) in [5, 5.41) is 12.9. The Hall–Kier alpha value is -3.74. The van der Waals surface area contributed by atoms with E-state index in [4.69, 9.17) is 0 Å². The number of amides is 2. The summed E-state index contributed by atoms with van der Waals surface area (Å²) in [7, 11) is 0. The Morgan fingerprint density at radius 2 is 1.87 bits per heavy atom. The lowest BCUT2D eigenvalue weighted by atomic mass is 9.86. The summed E-state index contributed by atoms with van der Waals surface area (Å²) in [4.78, 5) is 25.1. The Balaban J connectivity index is 1.63. The van der Waals surface area contributed by atoms with Crippen LogP contribution in [0.1, 0.15) is 34.7 Å². The van der Waals surface area contributed by atoms with Crippen LogP contribution in [-0.2, 0) is 9.59 Å². The third kappa shape index (κ3) is 4.12. The number of carbonyl (C=O) groups excluding carboxylic acids is 2. The second-order valence-electron chi connectivity index (χ2n) is 7.77. The van der Waals surface area contributed by atoms with Gasteiger partial charge in [0.05, 0.1) is 11.4 Å². The Morgan fingerprint density at radius 1 is 1.13 bits per heavy atom. The molecule has 3 aromatic rings. The molecule has 2 amide bonds. The zero-order valence-corrected chi connectivity index (χ0v) is 17.5. The van der Waals surface area contributed by atoms with E-state index in [1.165, 1.54) is 18.3 Å². The molecule has 0 saturated carbocycles. The van der Waals surface area contributed by atoms with Crippen LogP contribution in [0.15, 0.2) is 54.2 Å². The van der Waals surface area contributed by atoms with Crippen molar-refractivity contribution >= 4 is 17.5 Å². The molecule has 158 valence electrons. The molecule has 0 spiro atoms. The highest BCUT2D eigenvalue weighted by Crippen LogP contribution is 2.32. The summed E-state index contributed by atoms with van der Waals surface area (Å²) < 4.78 is 13.3. The standard InChI is InChI=1S/C24H23FN4O2/c1-13-4-5-17(23-14(2)15(3)28-29-23)10-21(13)27-24(31)20-12-26-22(30)11-19(20)16-6-8-18(25)9-7-16/h4-10,12,19H,11H2,1-3H3,(H,26,30)(H,27,31)(H,28,29)/t19-/m0/s1. The topological polar surface area (TPSA) is 86.9 Å². The van der Waals surface area contributed by atoms with Gasteiger partial charge in [-0.3, -0.25) is 14.7 Å². The Labute approximate surface area is 179 Å². The van der Waals surface area contributed by atoms with Gasteiger partial charge in [0, 0.05) is 35.4 Å². The van der Waals surface area contributed by atoms with Crippen LogP contribution in [0.2, 0.25) is 0 Å². The Bertz CT molecular complexity index is 1190. The number of hydrogen-bond acceptors (Lipinski definition) is 3. The van der Waals surface area contributed by atoms with Gasteiger partial charge in [0.2, 0.25) is 5.91 Å². The number of aryl methyl sites for hydroxylation is 2. The number of nitrogens with one attached hydrogen (secondary N) is 3. The van der Waals surface area contributed by atoms with Crippen LogP contribution in [0.4, 0.5) is 10.1 Å². The van der Waals surface area contributed by atoms with Crippen LogP contribution in [0.5, 0.6) is 0 Å². The van der Waals surface area contributed by atoms with Gasteiger partial charge in [0.1, 0.15) is 5.82 Å². The largest absolute Gasteiger partial charge is 0.332 e. The van der Waals surface area contributed by atoms with Crippen molar-refractivity contribution in [1.82, 2.24) is 15.5 Å². The third-order valence-electron chi connectivity index (χ3n) is 5.72. The average molecular weight is 418 g/mol. The van der Waals surface area contributed by atoms with Crippen molar-refractivity contribution in [2.75, 3.05) is 5.32 Å². The molecule has 2 aromatic carbocycles. The third-order valence-corrected chi connectivity index (χ3v) is 5.72. The van der Waals surface area contributed by atoms with Crippen LogP contribution >= 0.6 is 0 Å². The minimum atomic E-state index is -0.449. The fourth-order valence-electron chi connectivity index (χ4n) is 3.71. The maximum absolute atomic E-state index is 13.3. The van der Waals surface area contributed by atoms with E-state index in [1.807, 2.05) is 39.0 Å². The van der Waals surface area contributed by atoms with Crippen LogP contribution in [0.3, 0.4) is 0 Å². The van der Waals surface area contributed by atoms with Crippen molar-refractivity contribution in [1.29, 1.82) is 0 Å². The second kappa shape index (κ2) is 8.18. The molecule has 31 heavy (non-hydrogen) atoms. The molecule has 0 bridgehead atoms. The van der Waals surface area contributed by atoms with Gasteiger partial charge in [-0.25, -0.2) is 4.39 Å². The fraction of sp³-hybridized carbons (Fsp3) is 0.208. The van der Waals surface area contributed by atoms with E-state index in [1.54, 1.807) is 12.1 Å². The molecule has 1 aliphatic heterocycles. The number of aromatic amines is 1. The molecule has 1 aromatic heterocycles. The highest BCUT2D eigenvalue weighted by molar-refractivity contribution is 6.07. The second-order valence-corrected chi connectivity index (χ2v) is 7.77. The Morgan fingerprint density at radius 3 is 2.55 bits per heavy atom. The van der Waals surface area contributed by atoms with Gasteiger partial charge in [0.25, 0.3) is 5.91 Å². The molecule has 2 heterocycles. The van der Waals surface area contributed by atoms with E-state index in [-0.39, 0.29) is 24.1 Å².